The van der Waals surface area contributed by atoms with Gasteiger partial charge in [0.1, 0.15) is 61.0 Å². The monoisotopic (exact) mass is 1480 g/mol. The number of hydrogen-bond acceptors (Lipinski definition) is 18. The van der Waals surface area contributed by atoms with Gasteiger partial charge in [0.15, 0.2) is 45.5 Å². The third-order valence-corrected chi connectivity index (χ3v) is 33.9. The van der Waals surface area contributed by atoms with Crippen LogP contribution in [-0.4, -0.2) is 146 Å². The molecule has 6 aromatic rings. The van der Waals surface area contributed by atoms with Gasteiger partial charge in [-0.1, -0.05) is 265 Å². The van der Waals surface area contributed by atoms with Crippen LogP contribution in [0.4, 0.5) is 4.79 Å². The van der Waals surface area contributed by atoms with Gasteiger partial charge in [0, 0.05) is 0 Å². The standard InChI is InChI=1S/C85H114O18Si2/c1-55(2)104(56(3)4,57(5)6)94-53-70-74(100-82-79(92-51-67-41-29-19-30-42-67)76(90-49-65-37-25-17-26-38-65)72(61(13)96-82)88-47-63-33-21-15-22-34-63)69(45-46-87-70)98-84-81(78-75(102-85(86)103-78)71(99-84)54-95-105(58(7)8,59(9)10)60(11)12)101-83-80(93-52-68-43-31-20-32-44-68)77(91-50-66-39-27-18-28-40-66)73(62(14)97-83)89-48-64-35-23-16-24-36-64/h15-46,55-62,69-84H,47-54H2,1-14H3/t61-,62-,69+,70+,71+,72+,73+,74-,75-,76+,77+,78-,79-,80-,81+,82-,83-,84+/m0/s1. The van der Waals surface area contributed by atoms with E-state index in [1.807, 2.05) is 202 Å². The van der Waals surface area contributed by atoms with E-state index in [2.05, 4.69) is 83.1 Å². The van der Waals surface area contributed by atoms with Crippen LogP contribution in [0.25, 0.3) is 0 Å². The Kier molecular flexibility index (Phi) is 28.9. The largest absolute Gasteiger partial charge is 0.509 e. The molecular weight excluding hydrogens is 1370 g/mol. The number of hydrogen-bond donors (Lipinski definition) is 0. The van der Waals surface area contributed by atoms with Gasteiger partial charge in [-0.25, -0.2) is 4.79 Å². The first kappa shape index (κ1) is 80.0. The second-order valence-electron chi connectivity index (χ2n) is 30.5. The molecule has 5 aliphatic rings. The van der Waals surface area contributed by atoms with E-state index in [9.17, 15) is 4.79 Å². The number of fused-ring (bicyclic) bond motifs is 1. The molecule has 5 heterocycles. The summed E-state index contributed by atoms with van der Waals surface area (Å²) in [5.41, 5.74) is 7.06. The Morgan fingerprint density at radius 3 is 0.971 bits per heavy atom. The third kappa shape index (κ3) is 19.7. The van der Waals surface area contributed by atoms with Gasteiger partial charge in [-0.3, -0.25) is 0 Å². The van der Waals surface area contributed by atoms with Crippen molar-refractivity contribution in [1.82, 2.24) is 0 Å². The molecule has 0 aromatic heterocycles. The van der Waals surface area contributed by atoms with Crippen molar-refractivity contribution in [3.63, 3.8) is 0 Å². The van der Waals surface area contributed by atoms with E-state index < -0.39 is 133 Å². The summed E-state index contributed by atoms with van der Waals surface area (Å²) in [5.74, 6) is 0. The fourth-order valence-corrected chi connectivity index (χ4v) is 27.6. The molecule has 20 heteroatoms. The highest BCUT2D eigenvalue weighted by molar-refractivity contribution is 6.78. The van der Waals surface area contributed by atoms with Crippen molar-refractivity contribution < 1.29 is 84.7 Å². The summed E-state index contributed by atoms with van der Waals surface area (Å²) in [6, 6.07) is 60.0. The summed E-state index contributed by atoms with van der Waals surface area (Å²) >= 11 is 0. The molecule has 570 valence electrons. The van der Waals surface area contributed by atoms with Crippen molar-refractivity contribution in [3.05, 3.63) is 228 Å². The first-order chi connectivity index (χ1) is 50.7. The van der Waals surface area contributed by atoms with E-state index in [-0.39, 0.29) is 86.1 Å². The lowest BCUT2D eigenvalue weighted by Gasteiger charge is -2.50. The summed E-state index contributed by atoms with van der Waals surface area (Å²) in [6.45, 7) is 32.4. The molecule has 0 aliphatic carbocycles. The lowest BCUT2D eigenvalue weighted by Crippen LogP contribution is -2.66. The number of benzene rings is 6. The average molecular weight is 1480 g/mol. The van der Waals surface area contributed by atoms with E-state index in [1.54, 1.807) is 6.26 Å². The number of carbonyl (C=O) groups is 1. The maximum Gasteiger partial charge on any atom is 0.509 e. The van der Waals surface area contributed by atoms with Gasteiger partial charge in [-0.2, -0.15) is 0 Å². The van der Waals surface area contributed by atoms with Crippen LogP contribution in [0.1, 0.15) is 130 Å². The first-order valence-corrected chi connectivity index (χ1v) is 42.3. The van der Waals surface area contributed by atoms with E-state index in [0.717, 1.165) is 33.4 Å². The highest BCUT2D eigenvalue weighted by atomic mass is 28.4. The molecular formula is C85H114O18Si2. The SMILES string of the molecule is CC(C)[Si](OC[C@H]1O[C@@H](O[C@@H]2C=CO[C@H](CO[Si](C(C)C)(C(C)C)C(C)C)[C@H]2O[C@@H]2O[C@@H](C)[C@@H](OCc3ccccc3)[C@@H](OCc3ccccc3)[C@@H]2OCc2ccccc2)[C@H](O[C@@H]2O[C@@H](C)[C@@H](OCc3ccccc3)[C@@H](OCc3ccccc3)[C@@H]2OCc2ccccc2)[C@H]2OC(=O)O[C@H]21)(C(C)C)C(C)C. The lowest BCUT2D eigenvalue weighted by atomic mass is 9.96. The molecule has 6 aromatic carbocycles. The van der Waals surface area contributed by atoms with Crippen LogP contribution in [0.15, 0.2) is 194 Å². The van der Waals surface area contributed by atoms with Crippen LogP contribution >= 0.6 is 0 Å². The van der Waals surface area contributed by atoms with Crippen molar-refractivity contribution in [2.75, 3.05) is 13.2 Å². The zero-order chi connectivity index (χ0) is 74.2. The number of carbonyl (C=O) groups excluding carboxylic acids is 1. The van der Waals surface area contributed by atoms with E-state index in [0.29, 0.717) is 0 Å². The van der Waals surface area contributed by atoms with E-state index in [4.69, 9.17) is 79.9 Å². The van der Waals surface area contributed by atoms with Crippen LogP contribution < -0.4 is 0 Å². The first-order valence-electron chi connectivity index (χ1n) is 38.1. The Morgan fingerprint density at radius 2 is 0.629 bits per heavy atom. The fourth-order valence-electron chi connectivity index (χ4n) is 16.7. The van der Waals surface area contributed by atoms with Gasteiger partial charge in [-0.15, -0.1) is 0 Å². The molecule has 18 nitrogen and oxygen atoms in total. The van der Waals surface area contributed by atoms with Gasteiger partial charge in [0.25, 0.3) is 0 Å². The molecule has 0 amide bonds. The van der Waals surface area contributed by atoms with Crippen molar-refractivity contribution >= 4 is 22.8 Å². The maximum absolute atomic E-state index is 14.2. The molecule has 18 atom stereocenters. The maximum atomic E-state index is 14.2. The summed E-state index contributed by atoms with van der Waals surface area (Å²) in [6.07, 6.45) is -14.5. The minimum absolute atomic E-state index is 0.0548. The highest BCUT2D eigenvalue weighted by Gasteiger charge is 2.61. The zero-order valence-electron chi connectivity index (χ0n) is 63.8. The normalized spacial score (nSPS) is 28.7. The Hall–Kier alpha value is -6.00. The summed E-state index contributed by atoms with van der Waals surface area (Å²) in [4.78, 5) is 14.2. The van der Waals surface area contributed by atoms with Crippen molar-refractivity contribution in [1.29, 1.82) is 0 Å². The molecule has 11 rings (SSSR count). The molecule has 5 aliphatic heterocycles. The van der Waals surface area contributed by atoms with Crippen LogP contribution in [0.3, 0.4) is 0 Å². The van der Waals surface area contributed by atoms with Crippen LogP contribution in [0.5, 0.6) is 0 Å². The zero-order valence-corrected chi connectivity index (χ0v) is 65.8. The topological polar surface area (TPSA) is 174 Å². The lowest BCUT2D eigenvalue weighted by molar-refractivity contribution is -0.376. The molecule has 0 spiro atoms. The van der Waals surface area contributed by atoms with Gasteiger partial charge in [-0.05, 0) is 86.6 Å². The molecule has 0 N–H and O–H groups in total. The number of ether oxygens (including phenoxy) is 15. The Labute approximate surface area is 625 Å². The van der Waals surface area contributed by atoms with Gasteiger partial charge in [0.2, 0.25) is 8.32 Å². The smallest absolute Gasteiger partial charge is 0.493 e. The van der Waals surface area contributed by atoms with E-state index >= 15 is 0 Å². The molecule has 0 unspecified atom stereocenters. The highest BCUT2D eigenvalue weighted by Crippen LogP contribution is 2.47. The second kappa shape index (κ2) is 37.9. The van der Waals surface area contributed by atoms with Crippen molar-refractivity contribution in [3.8, 4) is 0 Å². The molecule has 0 radical (unpaired) electrons. The summed E-state index contributed by atoms with van der Waals surface area (Å²) in [5, 5.41) is 0. The third-order valence-electron chi connectivity index (χ3n) is 21.7. The predicted molar refractivity (Wildman–Crippen MR) is 405 cm³/mol. The summed E-state index contributed by atoms with van der Waals surface area (Å²) in [7, 11) is -5.22. The summed E-state index contributed by atoms with van der Waals surface area (Å²) < 4.78 is 122. The second-order valence-corrected chi connectivity index (χ2v) is 41.4. The van der Waals surface area contributed by atoms with E-state index in [1.165, 1.54) is 0 Å². The fraction of sp³-hybridized carbons (Fsp3) is 0.541. The van der Waals surface area contributed by atoms with Crippen LogP contribution in [-0.2, 0) is 120 Å². The molecule has 4 fully saturated rings. The van der Waals surface area contributed by atoms with Crippen LogP contribution in [0, 0.1) is 0 Å². The average Bonchev–Trinajstić information content (AvgIpc) is 1.73. The number of rotatable bonds is 36. The molecule has 105 heavy (non-hydrogen) atoms. The Balaban J connectivity index is 1.01. The van der Waals surface area contributed by atoms with Crippen molar-refractivity contribution in [2.24, 2.45) is 0 Å². The minimum atomic E-state index is -2.61. The predicted octanol–water partition coefficient (Wildman–Crippen LogP) is 17.1. The molecule has 0 bridgehead atoms. The van der Waals surface area contributed by atoms with Crippen LogP contribution in [0.2, 0.25) is 33.2 Å². The van der Waals surface area contributed by atoms with Gasteiger partial charge < -0.3 is 79.9 Å². The Bertz CT molecular complexity index is 3500. The Morgan fingerprint density at radius 1 is 0.333 bits per heavy atom. The van der Waals surface area contributed by atoms with Gasteiger partial charge in [0.05, 0.1) is 71.3 Å². The van der Waals surface area contributed by atoms with Gasteiger partial charge >= 0.3 is 6.16 Å². The quantitative estimate of drug-likeness (QED) is 0.0268. The van der Waals surface area contributed by atoms with Crippen molar-refractivity contribution in [2.45, 2.75) is 280 Å². The minimum Gasteiger partial charge on any atom is -0.493 e. The molecule has 4 saturated heterocycles. The molecule has 0 saturated carbocycles.